The lowest BCUT2D eigenvalue weighted by Gasteiger charge is -2.10. The van der Waals surface area contributed by atoms with Gasteiger partial charge in [-0.3, -0.25) is 13.9 Å². The van der Waals surface area contributed by atoms with E-state index in [9.17, 15) is 14.0 Å². The molecule has 1 aromatic carbocycles. The summed E-state index contributed by atoms with van der Waals surface area (Å²) in [5.74, 6) is 0.201. The standard InChI is InChI=1S/C19H20ClFN8O2/c1-2-8-27-16-15(22-18(20)23-16)17(30)28(19(27)31)9-3-10-29-25-14(24-26-29)11-12-4-6-13(21)7-5-12/h4-7H,2-3,8-11H2,1H3,(H,22,23). The van der Waals surface area contributed by atoms with Crippen LogP contribution in [0.3, 0.4) is 0 Å². The number of imidazole rings is 1. The van der Waals surface area contributed by atoms with Crippen molar-refractivity contribution in [2.45, 2.75) is 45.8 Å². The van der Waals surface area contributed by atoms with Gasteiger partial charge in [-0.25, -0.2) is 9.18 Å². The number of hydrogen-bond donors (Lipinski definition) is 1. The van der Waals surface area contributed by atoms with E-state index in [4.69, 9.17) is 11.6 Å². The predicted molar refractivity (Wildman–Crippen MR) is 112 cm³/mol. The lowest BCUT2D eigenvalue weighted by atomic mass is 10.1. The second kappa shape index (κ2) is 8.80. The monoisotopic (exact) mass is 446 g/mol. The molecule has 0 saturated heterocycles. The summed E-state index contributed by atoms with van der Waals surface area (Å²) in [6.45, 7) is 2.91. The first-order valence-corrected chi connectivity index (χ1v) is 10.2. The van der Waals surface area contributed by atoms with E-state index in [1.54, 1.807) is 12.1 Å². The first-order valence-electron chi connectivity index (χ1n) is 9.86. The van der Waals surface area contributed by atoms with Gasteiger partial charge in [-0.1, -0.05) is 19.1 Å². The Morgan fingerprint density at radius 2 is 1.87 bits per heavy atom. The molecule has 12 heteroatoms. The number of fused-ring (bicyclic) bond motifs is 1. The second-order valence-electron chi connectivity index (χ2n) is 7.08. The molecule has 4 rings (SSSR count). The number of rotatable bonds is 8. The van der Waals surface area contributed by atoms with E-state index in [0.29, 0.717) is 38.2 Å². The maximum absolute atomic E-state index is 13.0. The zero-order valence-corrected chi connectivity index (χ0v) is 17.5. The largest absolute Gasteiger partial charge is 0.332 e. The fourth-order valence-corrected chi connectivity index (χ4v) is 3.53. The number of aryl methyl sites for hydroxylation is 2. The Morgan fingerprint density at radius 1 is 1.10 bits per heavy atom. The van der Waals surface area contributed by atoms with Gasteiger partial charge in [0.25, 0.3) is 5.56 Å². The molecule has 4 aromatic rings. The number of hydrogen-bond acceptors (Lipinski definition) is 6. The topological polar surface area (TPSA) is 116 Å². The molecule has 0 radical (unpaired) electrons. The molecule has 0 aliphatic rings. The van der Waals surface area contributed by atoms with Gasteiger partial charge in [0.1, 0.15) is 5.82 Å². The molecular weight excluding hydrogens is 427 g/mol. The quantitative estimate of drug-likeness (QED) is 0.412. The van der Waals surface area contributed by atoms with Crippen molar-refractivity contribution in [3.63, 3.8) is 0 Å². The van der Waals surface area contributed by atoms with E-state index in [1.165, 1.54) is 26.1 Å². The number of nitrogens with zero attached hydrogens (tertiary/aromatic N) is 7. The fraction of sp³-hybridized carbons (Fsp3) is 0.368. The summed E-state index contributed by atoms with van der Waals surface area (Å²) in [4.78, 5) is 33.8. The number of tetrazole rings is 1. The van der Waals surface area contributed by atoms with E-state index in [1.807, 2.05) is 6.92 Å². The minimum atomic E-state index is -0.463. The summed E-state index contributed by atoms with van der Waals surface area (Å²) >= 11 is 5.91. The van der Waals surface area contributed by atoms with Crippen LogP contribution < -0.4 is 11.2 Å². The zero-order chi connectivity index (χ0) is 22.0. The van der Waals surface area contributed by atoms with Crippen LogP contribution in [0.4, 0.5) is 4.39 Å². The van der Waals surface area contributed by atoms with Crippen molar-refractivity contribution in [1.82, 2.24) is 39.3 Å². The Kier molecular flexibility index (Phi) is 5.94. The summed E-state index contributed by atoms with van der Waals surface area (Å²) in [6, 6.07) is 6.10. The number of nitrogens with one attached hydrogen (secondary N) is 1. The molecular formula is C19H20ClFN8O2. The lowest BCUT2D eigenvalue weighted by Crippen LogP contribution is -2.40. The SMILES string of the molecule is CCCn1c(=O)n(CCCn2nnc(Cc3ccc(F)cc3)n2)c(=O)c2[nH]c(Cl)nc21. The van der Waals surface area contributed by atoms with Crippen LogP contribution in [0.5, 0.6) is 0 Å². The number of aromatic nitrogens is 8. The van der Waals surface area contributed by atoms with Crippen LogP contribution in [-0.4, -0.2) is 39.3 Å². The van der Waals surface area contributed by atoms with Gasteiger partial charge >= 0.3 is 5.69 Å². The van der Waals surface area contributed by atoms with Gasteiger partial charge < -0.3 is 4.98 Å². The number of aromatic amines is 1. The molecule has 0 aliphatic heterocycles. The third-order valence-electron chi connectivity index (χ3n) is 4.79. The Hall–Kier alpha value is -3.34. The highest BCUT2D eigenvalue weighted by Crippen LogP contribution is 2.10. The maximum Gasteiger partial charge on any atom is 0.332 e. The van der Waals surface area contributed by atoms with Crippen LogP contribution in [0.15, 0.2) is 33.9 Å². The Morgan fingerprint density at radius 3 is 2.61 bits per heavy atom. The van der Waals surface area contributed by atoms with Crippen molar-refractivity contribution >= 4 is 22.8 Å². The van der Waals surface area contributed by atoms with E-state index >= 15 is 0 Å². The first kappa shape index (κ1) is 20.9. The third kappa shape index (κ3) is 4.41. The van der Waals surface area contributed by atoms with Gasteiger partial charge in [0.15, 0.2) is 17.0 Å². The normalized spacial score (nSPS) is 11.5. The molecule has 0 saturated carbocycles. The molecule has 3 aromatic heterocycles. The maximum atomic E-state index is 13.0. The zero-order valence-electron chi connectivity index (χ0n) is 16.8. The van der Waals surface area contributed by atoms with Crippen molar-refractivity contribution in [3.05, 3.63) is 67.6 Å². The highest BCUT2D eigenvalue weighted by molar-refractivity contribution is 6.28. The predicted octanol–water partition coefficient (Wildman–Crippen LogP) is 1.76. The molecule has 0 fully saturated rings. The number of halogens is 2. The van der Waals surface area contributed by atoms with Crippen LogP contribution in [0.25, 0.3) is 11.2 Å². The van der Waals surface area contributed by atoms with Gasteiger partial charge in [0.2, 0.25) is 5.28 Å². The van der Waals surface area contributed by atoms with E-state index in [-0.39, 0.29) is 28.8 Å². The molecule has 1 N–H and O–H groups in total. The van der Waals surface area contributed by atoms with Crippen LogP contribution in [0.2, 0.25) is 5.28 Å². The van der Waals surface area contributed by atoms with Gasteiger partial charge in [0, 0.05) is 19.5 Å². The average Bonchev–Trinajstić information content (AvgIpc) is 3.36. The Bertz CT molecular complexity index is 1320. The molecule has 0 unspecified atom stereocenters. The molecule has 0 atom stereocenters. The highest BCUT2D eigenvalue weighted by Gasteiger charge is 2.16. The molecule has 0 amide bonds. The van der Waals surface area contributed by atoms with E-state index < -0.39 is 11.2 Å². The minimum absolute atomic E-state index is 0.0644. The van der Waals surface area contributed by atoms with Crippen molar-refractivity contribution in [1.29, 1.82) is 0 Å². The van der Waals surface area contributed by atoms with Crippen LogP contribution in [-0.2, 0) is 26.1 Å². The highest BCUT2D eigenvalue weighted by atomic mass is 35.5. The van der Waals surface area contributed by atoms with Crippen molar-refractivity contribution in [3.8, 4) is 0 Å². The average molecular weight is 447 g/mol. The number of H-pyrrole nitrogens is 1. The summed E-state index contributed by atoms with van der Waals surface area (Å²) in [5.41, 5.74) is 0.455. The summed E-state index contributed by atoms with van der Waals surface area (Å²) < 4.78 is 15.6. The van der Waals surface area contributed by atoms with E-state index in [2.05, 4.69) is 25.4 Å². The molecule has 3 heterocycles. The van der Waals surface area contributed by atoms with Crippen LogP contribution in [0.1, 0.15) is 31.2 Å². The molecule has 0 spiro atoms. The first-order chi connectivity index (χ1) is 15.0. The van der Waals surface area contributed by atoms with Crippen LogP contribution >= 0.6 is 11.6 Å². The van der Waals surface area contributed by atoms with Crippen molar-refractivity contribution in [2.75, 3.05) is 0 Å². The van der Waals surface area contributed by atoms with Crippen molar-refractivity contribution in [2.24, 2.45) is 0 Å². The van der Waals surface area contributed by atoms with Gasteiger partial charge in [-0.2, -0.15) is 9.78 Å². The van der Waals surface area contributed by atoms with Gasteiger partial charge in [0.05, 0.1) is 6.54 Å². The smallest absolute Gasteiger partial charge is 0.323 e. The molecule has 31 heavy (non-hydrogen) atoms. The minimum Gasteiger partial charge on any atom is -0.323 e. The lowest BCUT2D eigenvalue weighted by molar-refractivity contribution is 0.452. The molecule has 10 nitrogen and oxygen atoms in total. The summed E-state index contributed by atoms with van der Waals surface area (Å²) in [6.07, 6.45) is 1.58. The van der Waals surface area contributed by atoms with Gasteiger partial charge in [-0.05, 0) is 47.4 Å². The van der Waals surface area contributed by atoms with Crippen molar-refractivity contribution < 1.29 is 4.39 Å². The second-order valence-corrected chi connectivity index (χ2v) is 7.43. The summed E-state index contributed by atoms with van der Waals surface area (Å²) in [7, 11) is 0. The van der Waals surface area contributed by atoms with Crippen LogP contribution in [0, 0.1) is 5.82 Å². The third-order valence-corrected chi connectivity index (χ3v) is 4.97. The van der Waals surface area contributed by atoms with Gasteiger partial charge in [-0.15, -0.1) is 10.2 Å². The Balaban J connectivity index is 1.47. The molecule has 0 bridgehead atoms. The fourth-order valence-electron chi connectivity index (χ4n) is 3.36. The number of benzene rings is 1. The molecule has 0 aliphatic carbocycles. The molecule has 162 valence electrons. The summed E-state index contributed by atoms with van der Waals surface area (Å²) in [5, 5.41) is 12.4. The Labute approximate surface area is 180 Å². The van der Waals surface area contributed by atoms with E-state index in [0.717, 1.165) is 5.56 Å².